The lowest BCUT2D eigenvalue weighted by molar-refractivity contribution is -0.279. The Hall–Kier alpha value is -2.01. The fourth-order valence-electron chi connectivity index (χ4n) is 12.4. The van der Waals surface area contributed by atoms with Crippen LogP contribution in [0.15, 0.2) is 11.6 Å². The quantitative estimate of drug-likeness (QED) is 0.203. The molecule has 0 spiro atoms. The molecular weight excluding hydrogens is 628 g/mol. The predicted molar refractivity (Wildman–Crippen MR) is 179 cm³/mol. The molecule has 1 heterocycles. The number of carbonyl (C=O) groups is 3. The summed E-state index contributed by atoms with van der Waals surface area (Å²) in [4.78, 5) is 38.3. The van der Waals surface area contributed by atoms with Crippen molar-refractivity contribution in [3.05, 3.63) is 11.6 Å². The number of aliphatic hydroxyl groups excluding tert-OH is 3. The maximum absolute atomic E-state index is 14.6. The molecule has 49 heavy (non-hydrogen) atoms. The summed E-state index contributed by atoms with van der Waals surface area (Å²) in [5, 5.41) is 34.8. The molecule has 6 rings (SSSR count). The van der Waals surface area contributed by atoms with Crippen molar-refractivity contribution in [3.8, 4) is 0 Å². The van der Waals surface area contributed by atoms with Crippen LogP contribution in [0.3, 0.4) is 0 Å². The Balaban J connectivity index is 1.34. The Labute approximate surface area is 291 Å². The second kappa shape index (κ2) is 12.0. The second-order valence-corrected chi connectivity index (χ2v) is 18.7. The molecule has 5 fully saturated rings. The van der Waals surface area contributed by atoms with Crippen LogP contribution in [0.5, 0.6) is 0 Å². The van der Waals surface area contributed by atoms with Gasteiger partial charge in [0.1, 0.15) is 5.41 Å². The molecule has 0 aromatic rings. The Morgan fingerprint density at radius 1 is 0.796 bits per heavy atom. The van der Waals surface area contributed by atoms with Crippen molar-refractivity contribution in [2.45, 2.75) is 157 Å². The van der Waals surface area contributed by atoms with Crippen molar-refractivity contribution in [3.63, 3.8) is 0 Å². The van der Waals surface area contributed by atoms with E-state index in [0.717, 1.165) is 38.5 Å². The van der Waals surface area contributed by atoms with Crippen molar-refractivity contribution < 1.29 is 48.7 Å². The summed E-state index contributed by atoms with van der Waals surface area (Å²) in [6, 6.07) is 0. The van der Waals surface area contributed by atoms with E-state index < -0.39 is 54.0 Å². The van der Waals surface area contributed by atoms with Crippen molar-refractivity contribution in [2.75, 3.05) is 6.61 Å². The number of esters is 3. The van der Waals surface area contributed by atoms with Crippen molar-refractivity contribution in [1.29, 1.82) is 0 Å². The van der Waals surface area contributed by atoms with E-state index in [-0.39, 0.29) is 45.7 Å². The normalized spacial score (nSPS) is 48.3. The van der Waals surface area contributed by atoms with Gasteiger partial charge in [0.15, 0.2) is 18.3 Å². The molecule has 0 radical (unpaired) electrons. The fourth-order valence-corrected chi connectivity index (χ4v) is 12.4. The smallest absolute Gasteiger partial charge is 0.317 e. The molecule has 13 atom stereocenters. The average molecular weight is 689 g/mol. The lowest BCUT2D eigenvalue weighted by Gasteiger charge is -2.71. The average Bonchev–Trinajstić information content (AvgIpc) is 2.98. The fraction of sp³-hybridized carbons (Fsp3) is 0.872. The zero-order valence-corrected chi connectivity index (χ0v) is 31.0. The summed E-state index contributed by atoms with van der Waals surface area (Å²) in [5.41, 5.74) is -0.672. The van der Waals surface area contributed by atoms with E-state index in [1.54, 1.807) is 0 Å². The first-order chi connectivity index (χ1) is 22.6. The SMILES string of the molecule is CC(=O)O[C@@H]1CO[C@H](OC(=O)[C@]23CCC(C)(C)C[C@H]2C2=CC[C@@H]4[C@@]5(C)CC[C@H](O)C(C)(C)[C@@H]5CC[C@@]4(C)[C@]2(C)CC3O)C(O)[C@@H]1OC(C)=O. The van der Waals surface area contributed by atoms with Gasteiger partial charge in [-0.15, -0.1) is 0 Å². The van der Waals surface area contributed by atoms with Crippen LogP contribution in [-0.2, 0) is 33.3 Å². The number of rotatable bonds is 4. The first-order valence-corrected chi connectivity index (χ1v) is 18.6. The van der Waals surface area contributed by atoms with Crippen molar-refractivity contribution in [2.24, 2.45) is 50.2 Å². The topological polar surface area (TPSA) is 149 Å². The largest absolute Gasteiger partial charge is 0.456 e. The van der Waals surface area contributed by atoms with Gasteiger partial charge in [-0.1, -0.05) is 60.1 Å². The summed E-state index contributed by atoms with van der Waals surface area (Å²) in [6.45, 7) is 18.3. The molecule has 6 aliphatic rings. The van der Waals surface area contributed by atoms with Gasteiger partial charge < -0.3 is 34.3 Å². The molecule has 4 saturated carbocycles. The highest BCUT2D eigenvalue weighted by atomic mass is 16.7. The van der Waals surface area contributed by atoms with Crippen molar-refractivity contribution in [1.82, 2.24) is 0 Å². The van der Waals surface area contributed by atoms with Crippen molar-refractivity contribution >= 4 is 17.9 Å². The van der Waals surface area contributed by atoms with Crippen LogP contribution in [0, 0.1) is 50.2 Å². The molecule has 0 aromatic heterocycles. The summed E-state index contributed by atoms with van der Waals surface area (Å²) >= 11 is 0. The van der Waals surface area contributed by atoms with Crippen LogP contribution in [0.25, 0.3) is 0 Å². The van der Waals surface area contributed by atoms with E-state index in [9.17, 15) is 29.7 Å². The van der Waals surface area contributed by atoms with Gasteiger partial charge in [0, 0.05) is 13.8 Å². The molecule has 10 heteroatoms. The third-order valence-electron chi connectivity index (χ3n) is 15.3. The van der Waals surface area contributed by atoms with E-state index >= 15 is 0 Å². The minimum Gasteiger partial charge on any atom is -0.456 e. The molecule has 3 N–H and O–H groups in total. The lowest BCUT2D eigenvalue weighted by Crippen LogP contribution is -2.68. The zero-order chi connectivity index (χ0) is 36.1. The summed E-state index contributed by atoms with van der Waals surface area (Å²) < 4.78 is 22.3. The number of fused-ring (bicyclic) bond motifs is 7. The van der Waals surface area contributed by atoms with Crippen LogP contribution >= 0.6 is 0 Å². The third-order valence-corrected chi connectivity index (χ3v) is 15.3. The second-order valence-electron chi connectivity index (χ2n) is 18.7. The molecule has 0 aromatic carbocycles. The molecule has 1 aliphatic heterocycles. The van der Waals surface area contributed by atoms with E-state index in [4.69, 9.17) is 18.9 Å². The minimum atomic E-state index is -1.60. The van der Waals surface area contributed by atoms with E-state index in [0.29, 0.717) is 31.1 Å². The Morgan fingerprint density at radius 2 is 1.47 bits per heavy atom. The standard InChI is InChI=1S/C39H60O10/c1-21(40)47-25-20-46-32(30(44)31(25)48-22(2)41)49-33(45)39-17-16-34(3,4)18-24(39)23-10-11-27-36(7)14-13-28(42)35(5,6)26(36)12-15-37(27,8)38(23,9)19-29(39)43/h10,24-32,42-44H,11-20H2,1-9H3/t24-,25+,26-,27+,28-,29?,30?,31+,32+,36-,37+,38+,39+/m0/s1. The van der Waals surface area contributed by atoms with Gasteiger partial charge in [0.25, 0.3) is 0 Å². The monoisotopic (exact) mass is 688 g/mol. The number of hydrogen-bond donors (Lipinski definition) is 3. The Bertz CT molecular complexity index is 1390. The van der Waals surface area contributed by atoms with Gasteiger partial charge in [-0.3, -0.25) is 14.4 Å². The molecule has 1 saturated heterocycles. The number of carbonyl (C=O) groups excluding carboxylic acids is 3. The van der Waals surface area contributed by atoms with Crippen LogP contribution in [0.1, 0.15) is 120 Å². The Kier molecular flexibility index (Phi) is 9.02. The number of aliphatic hydroxyl groups is 3. The third kappa shape index (κ3) is 5.43. The summed E-state index contributed by atoms with van der Waals surface area (Å²) in [6.07, 6.45) is 2.63. The highest BCUT2D eigenvalue weighted by molar-refractivity contribution is 5.80. The van der Waals surface area contributed by atoms with E-state index in [2.05, 4.69) is 54.5 Å². The van der Waals surface area contributed by atoms with Gasteiger partial charge in [-0.05, 0) is 103 Å². The van der Waals surface area contributed by atoms with Crippen LogP contribution in [0.2, 0.25) is 0 Å². The van der Waals surface area contributed by atoms with Crippen LogP contribution in [0.4, 0.5) is 0 Å². The minimum absolute atomic E-state index is 0.0436. The van der Waals surface area contributed by atoms with Gasteiger partial charge in [-0.25, -0.2) is 0 Å². The summed E-state index contributed by atoms with van der Waals surface area (Å²) in [5.74, 6) is -1.44. The van der Waals surface area contributed by atoms with Gasteiger partial charge in [-0.2, -0.15) is 0 Å². The van der Waals surface area contributed by atoms with Gasteiger partial charge in [0.05, 0.1) is 18.8 Å². The molecule has 0 amide bonds. The predicted octanol–water partition coefficient (Wildman–Crippen LogP) is 5.24. The van der Waals surface area contributed by atoms with E-state index in [1.165, 1.54) is 19.4 Å². The Morgan fingerprint density at radius 3 is 2.12 bits per heavy atom. The highest BCUT2D eigenvalue weighted by Crippen LogP contribution is 2.75. The molecular formula is C39H60O10. The maximum Gasteiger partial charge on any atom is 0.317 e. The number of ether oxygens (including phenoxy) is 4. The summed E-state index contributed by atoms with van der Waals surface area (Å²) in [7, 11) is 0. The lowest BCUT2D eigenvalue weighted by atomic mass is 9.33. The van der Waals surface area contributed by atoms with Gasteiger partial charge in [0.2, 0.25) is 6.29 Å². The molecule has 5 aliphatic carbocycles. The van der Waals surface area contributed by atoms with E-state index in [1.807, 2.05) is 0 Å². The highest BCUT2D eigenvalue weighted by Gasteiger charge is 2.71. The first-order valence-electron chi connectivity index (χ1n) is 18.6. The van der Waals surface area contributed by atoms with Crippen LogP contribution < -0.4 is 0 Å². The molecule has 2 unspecified atom stereocenters. The first kappa shape index (κ1) is 36.8. The molecule has 276 valence electrons. The maximum atomic E-state index is 14.6. The van der Waals surface area contributed by atoms with Gasteiger partial charge >= 0.3 is 17.9 Å². The number of hydrogen-bond acceptors (Lipinski definition) is 10. The number of allylic oxidation sites excluding steroid dienone is 2. The zero-order valence-electron chi connectivity index (χ0n) is 31.0. The molecule has 0 bridgehead atoms. The van der Waals surface area contributed by atoms with Crippen LogP contribution in [-0.4, -0.2) is 76.6 Å². The molecule has 10 nitrogen and oxygen atoms in total.